The number of nitrogens with zero attached hydrogens (tertiary/aromatic N) is 8. The second-order valence-corrected chi connectivity index (χ2v) is 6.86. The second kappa shape index (κ2) is 9.34. The fourth-order valence-corrected chi connectivity index (χ4v) is 4.03. The van der Waals surface area contributed by atoms with Crippen molar-refractivity contribution < 1.29 is 5.21 Å². The van der Waals surface area contributed by atoms with Crippen LogP contribution in [0.4, 0.5) is 0 Å². The molecule has 0 amide bonds. The molecular weight excluding hydrogens is 382 g/mol. The third kappa shape index (κ3) is 3.98. The summed E-state index contributed by atoms with van der Waals surface area (Å²) in [5.74, 6) is 0.0958. The number of hydrogen-bond donors (Lipinski definition) is 2. The van der Waals surface area contributed by atoms with Gasteiger partial charge in [0.15, 0.2) is 5.84 Å². The smallest absolute Gasteiger partial charge is 0.170 e. The van der Waals surface area contributed by atoms with Crippen LogP contribution in [0.5, 0.6) is 0 Å². The molecule has 0 unspecified atom stereocenters. The SMILES string of the molecule is N#Cc1cccc2c1CC[C@@H]2N=[N+]=[N-].[N-]=[N+]=N[C@H]1CCc2c(/C(N)=N\O)cccc21. The highest BCUT2D eigenvalue weighted by Crippen LogP contribution is 2.36. The van der Waals surface area contributed by atoms with E-state index in [0.29, 0.717) is 5.56 Å². The summed E-state index contributed by atoms with van der Waals surface area (Å²) in [5.41, 5.74) is 27.9. The third-order valence-corrected chi connectivity index (χ3v) is 5.36. The summed E-state index contributed by atoms with van der Waals surface area (Å²) in [6.45, 7) is 0. The molecule has 2 aliphatic carbocycles. The van der Waals surface area contributed by atoms with E-state index in [1.807, 2.05) is 24.3 Å². The van der Waals surface area contributed by atoms with Crippen LogP contribution in [0.15, 0.2) is 51.8 Å². The molecule has 2 aromatic rings. The second-order valence-electron chi connectivity index (χ2n) is 6.86. The summed E-state index contributed by atoms with van der Waals surface area (Å²) >= 11 is 0. The molecule has 0 aliphatic heterocycles. The molecule has 0 radical (unpaired) electrons. The molecule has 0 bridgehead atoms. The highest BCUT2D eigenvalue weighted by molar-refractivity contribution is 5.98. The zero-order chi connectivity index (χ0) is 21.5. The first-order valence-electron chi connectivity index (χ1n) is 9.34. The average Bonchev–Trinajstić information content (AvgIpc) is 3.38. The van der Waals surface area contributed by atoms with Crippen LogP contribution in [-0.4, -0.2) is 11.0 Å². The van der Waals surface area contributed by atoms with Gasteiger partial charge in [0.2, 0.25) is 0 Å². The van der Waals surface area contributed by atoms with Gasteiger partial charge in [0.1, 0.15) is 0 Å². The van der Waals surface area contributed by atoms with E-state index in [4.69, 9.17) is 27.3 Å². The maximum absolute atomic E-state index is 8.86. The molecule has 10 nitrogen and oxygen atoms in total. The Morgan fingerprint density at radius 1 is 1.00 bits per heavy atom. The quantitative estimate of drug-likeness (QED) is 0.141. The Labute approximate surface area is 172 Å². The van der Waals surface area contributed by atoms with E-state index >= 15 is 0 Å². The Morgan fingerprint density at radius 2 is 1.57 bits per heavy atom. The van der Waals surface area contributed by atoms with Crippen molar-refractivity contribution in [2.75, 3.05) is 0 Å². The summed E-state index contributed by atoms with van der Waals surface area (Å²) in [6.07, 6.45) is 3.21. The minimum Gasteiger partial charge on any atom is -0.409 e. The van der Waals surface area contributed by atoms with Crippen molar-refractivity contribution in [2.45, 2.75) is 37.8 Å². The molecule has 0 fully saturated rings. The molecular formula is C20H19N9O. The van der Waals surface area contributed by atoms with Crippen LogP contribution in [-0.2, 0) is 12.8 Å². The first kappa shape index (κ1) is 20.6. The van der Waals surface area contributed by atoms with Gasteiger partial charge in [-0.25, -0.2) is 0 Å². The van der Waals surface area contributed by atoms with Crippen molar-refractivity contribution in [3.05, 3.63) is 90.7 Å². The molecule has 4 rings (SSSR count). The minimum absolute atomic E-state index is 0.0803. The number of hydrogen-bond acceptors (Lipinski definition) is 5. The van der Waals surface area contributed by atoms with Crippen LogP contribution in [0, 0.1) is 11.3 Å². The van der Waals surface area contributed by atoms with Crippen LogP contribution in [0.25, 0.3) is 20.9 Å². The van der Waals surface area contributed by atoms with Gasteiger partial charge in [-0.2, -0.15) is 5.26 Å². The van der Waals surface area contributed by atoms with E-state index in [1.54, 1.807) is 12.1 Å². The van der Waals surface area contributed by atoms with Crippen molar-refractivity contribution in [1.82, 2.24) is 0 Å². The Balaban J connectivity index is 0.000000172. The van der Waals surface area contributed by atoms with Gasteiger partial charge in [-0.1, -0.05) is 45.7 Å². The fourth-order valence-electron chi connectivity index (χ4n) is 4.03. The monoisotopic (exact) mass is 401 g/mol. The number of amidine groups is 1. The topological polar surface area (TPSA) is 180 Å². The summed E-state index contributed by atoms with van der Waals surface area (Å²) in [7, 11) is 0. The highest BCUT2D eigenvalue weighted by Gasteiger charge is 2.25. The van der Waals surface area contributed by atoms with E-state index in [2.05, 4.69) is 31.3 Å². The number of rotatable bonds is 3. The van der Waals surface area contributed by atoms with Crippen LogP contribution in [0.3, 0.4) is 0 Å². The summed E-state index contributed by atoms with van der Waals surface area (Å²) in [5, 5.41) is 28.0. The normalized spacial score (nSPS) is 18.6. The average molecular weight is 401 g/mol. The van der Waals surface area contributed by atoms with Gasteiger partial charge in [0, 0.05) is 15.4 Å². The van der Waals surface area contributed by atoms with Crippen LogP contribution < -0.4 is 5.73 Å². The van der Waals surface area contributed by atoms with Gasteiger partial charge in [-0.3, -0.25) is 0 Å². The molecule has 0 saturated heterocycles. The van der Waals surface area contributed by atoms with Crippen molar-refractivity contribution in [3.8, 4) is 6.07 Å². The molecule has 3 N–H and O–H groups in total. The van der Waals surface area contributed by atoms with Gasteiger partial charge < -0.3 is 10.9 Å². The molecule has 150 valence electrons. The lowest BCUT2D eigenvalue weighted by Crippen LogP contribution is -2.15. The zero-order valence-electron chi connectivity index (χ0n) is 16.0. The number of oxime groups is 1. The fraction of sp³-hybridized carbons (Fsp3) is 0.300. The lowest BCUT2D eigenvalue weighted by Gasteiger charge is -2.07. The molecule has 0 heterocycles. The lowest BCUT2D eigenvalue weighted by molar-refractivity contribution is 0.318. The Kier molecular flexibility index (Phi) is 6.40. The van der Waals surface area contributed by atoms with E-state index in [1.165, 1.54) is 0 Å². The molecule has 2 atom stereocenters. The van der Waals surface area contributed by atoms with E-state index in [-0.39, 0.29) is 17.9 Å². The number of fused-ring (bicyclic) bond motifs is 2. The standard InChI is InChI=1S/C10H11N5O.C10H8N4/c11-10(14-16)8-3-1-2-7-6(8)4-5-9(7)13-15-12;11-6-7-2-1-3-9-8(7)4-5-10(9)13-14-12/h1-3,9,16H,4-5H2,(H2,11,14);1-3,10H,4-5H2/t9-;10-/m00/s1. The maximum Gasteiger partial charge on any atom is 0.170 e. The Morgan fingerprint density at radius 3 is 2.13 bits per heavy atom. The number of azide groups is 2. The van der Waals surface area contributed by atoms with Crippen LogP contribution in [0.1, 0.15) is 58.3 Å². The predicted octanol–water partition coefficient (Wildman–Crippen LogP) is 4.93. The van der Waals surface area contributed by atoms with Gasteiger partial charge in [-0.05, 0) is 65.1 Å². The first-order valence-corrected chi connectivity index (χ1v) is 9.34. The molecule has 2 aromatic carbocycles. The maximum atomic E-state index is 8.86. The number of nitriles is 1. The van der Waals surface area contributed by atoms with Gasteiger partial charge in [0.25, 0.3) is 0 Å². The highest BCUT2D eigenvalue weighted by atomic mass is 16.4. The Bertz CT molecular complexity index is 1120. The molecule has 0 spiro atoms. The lowest BCUT2D eigenvalue weighted by atomic mass is 10.0. The Hall–Kier alpha value is -4.18. The van der Waals surface area contributed by atoms with Gasteiger partial charge in [0.05, 0.1) is 23.7 Å². The molecule has 0 saturated carbocycles. The van der Waals surface area contributed by atoms with Crippen LogP contribution in [0.2, 0.25) is 0 Å². The van der Waals surface area contributed by atoms with E-state index < -0.39 is 0 Å². The summed E-state index contributed by atoms with van der Waals surface area (Å²) in [4.78, 5) is 5.64. The molecule has 2 aliphatic rings. The summed E-state index contributed by atoms with van der Waals surface area (Å²) in [6, 6.07) is 13.0. The number of benzene rings is 2. The van der Waals surface area contributed by atoms with Crippen molar-refractivity contribution in [3.63, 3.8) is 0 Å². The van der Waals surface area contributed by atoms with Crippen molar-refractivity contribution in [1.29, 1.82) is 5.26 Å². The van der Waals surface area contributed by atoms with Gasteiger partial charge in [-0.15, -0.1) is 0 Å². The molecule has 0 aromatic heterocycles. The largest absolute Gasteiger partial charge is 0.409 e. The predicted molar refractivity (Wildman–Crippen MR) is 111 cm³/mol. The van der Waals surface area contributed by atoms with Crippen molar-refractivity contribution in [2.24, 2.45) is 21.1 Å². The summed E-state index contributed by atoms with van der Waals surface area (Å²) < 4.78 is 0. The minimum atomic E-state index is -0.133. The van der Waals surface area contributed by atoms with Crippen molar-refractivity contribution >= 4 is 5.84 Å². The number of nitrogens with two attached hydrogens (primary N) is 1. The van der Waals surface area contributed by atoms with E-state index in [0.717, 1.165) is 53.5 Å². The molecule has 10 heteroatoms. The zero-order valence-corrected chi connectivity index (χ0v) is 16.0. The van der Waals surface area contributed by atoms with E-state index in [9.17, 15) is 0 Å². The van der Waals surface area contributed by atoms with Crippen LogP contribution >= 0.6 is 0 Å². The molecule has 30 heavy (non-hydrogen) atoms. The third-order valence-electron chi connectivity index (χ3n) is 5.36. The van der Waals surface area contributed by atoms with Gasteiger partial charge >= 0.3 is 0 Å². The first-order chi connectivity index (χ1) is 14.6.